The minimum Gasteiger partial charge on any atom is -0.379 e. The minimum atomic E-state index is -3.67. The molecular formula is C22H29N3O5S2. The lowest BCUT2D eigenvalue weighted by Crippen LogP contribution is -2.48. The van der Waals surface area contributed by atoms with Crippen molar-refractivity contribution in [3.63, 3.8) is 0 Å². The van der Waals surface area contributed by atoms with Gasteiger partial charge in [-0.25, -0.2) is 16.8 Å². The number of morpholine rings is 1. The van der Waals surface area contributed by atoms with E-state index in [0.717, 1.165) is 6.54 Å². The van der Waals surface area contributed by atoms with Crippen LogP contribution in [-0.4, -0.2) is 82.8 Å². The molecule has 2 aliphatic rings. The quantitative estimate of drug-likeness (QED) is 0.625. The molecule has 2 aromatic carbocycles. The lowest BCUT2D eigenvalue weighted by atomic mass is 10.1. The average molecular weight is 480 g/mol. The maximum absolute atomic E-state index is 13.1. The highest BCUT2D eigenvalue weighted by Gasteiger charge is 2.30. The maximum atomic E-state index is 13.1. The van der Waals surface area contributed by atoms with E-state index in [-0.39, 0.29) is 9.79 Å². The van der Waals surface area contributed by atoms with E-state index in [1.807, 2.05) is 6.07 Å². The van der Waals surface area contributed by atoms with Crippen molar-refractivity contribution in [1.29, 1.82) is 0 Å². The van der Waals surface area contributed by atoms with Crippen LogP contribution in [0.1, 0.15) is 11.1 Å². The summed E-state index contributed by atoms with van der Waals surface area (Å²) in [6.45, 7) is 6.29. The van der Waals surface area contributed by atoms with Crippen molar-refractivity contribution in [2.45, 2.75) is 23.3 Å². The van der Waals surface area contributed by atoms with Gasteiger partial charge in [0.25, 0.3) is 0 Å². The van der Waals surface area contributed by atoms with Crippen LogP contribution in [0.5, 0.6) is 0 Å². The molecule has 0 N–H and O–H groups in total. The topological polar surface area (TPSA) is 87.2 Å². The van der Waals surface area contributed by atoms with Gasteiger partial charge in [0.2, 0.25) is 20.0 Å². The third-order valence-corrected chi connectivity index (χ3v) is 9.71. The van der Waals surface area contributed by atoms with Gasteiger partial charge in [-0.2, -0.15) is 8.61 Å². The maximum Gasteiger partial charge on any atom is 0.243 e. The van der Waals surface area contributed by atoms with E-state index >= 15 is 0 Å². The highest BCUT2D eigenvalue weighted by Crippen LogP contribution is 2.23. The molecule has 4 rings (SSSR count). The molecule has 10 heteroatoms. The molecule has 32 heavy (non-hydrogen) atoms. The van der Waals surface area contributed by atoms with Crippen LogP contribution >= 0.6 is 0 Å². The highest BCUT2D eigenvalue weighted by atomic mass is 32.2. The summed E-state index contributed by atoms with van der Waals surface area (Å²) in [7, 11) is -7.32. The monoisotopic (exact) mass is 479 g/mol. The Kier molecular flexibility index (Phi) is 6.99. The van der Waals surface area contributed by atoms with Crippen LogP contribution in [0.15, 0.2) is 58.3 Å². The van der Waals surface area contributed by atoms with Gasteiger partial charge in [0.1, 0.15) is 0 Å². The lowest BCUT2D eigenvalue weighted by molar-refractivity contribution is 0.0730. The number of rotatable bonds is 6. The van der Waals surface area contributed by atoms with Crippen LogP contribution < -0.4 is 0 Å². The predicted molar refractivity (Wildman–Crippen MR) is 121 cm³/mol. The van der Waals surface area contributed by atoms with Gasteiger partial charge in [-0.3, -0.25) is 4.90 Å². The Balaban J connectivity index is 1.40. The Morgan fingerprint density at radius 2 is 1.28 bits per heavy atom. The molecule has 2 saturated heterocycles. The molecule has 2 aliphatic heterocycles. The smallest absolute Gasteiger partial charge is 0.243 e. The molecule has 2 heterocycles. The van der Waals surface area contributed by atoms with Crippen molar-refractivity contribution >= 4 is 20.0 Å². The van der Waals surface area contributed by atoms with E-state index in [1.54, 1.807) is 0 Å². The zero-order valence-electron chi connectivity index (χ0n) is 18.2. The fraction of sp³-hybridized carbons (Fsp3) is 0.455. The fourth-order valence-corrected chi connectivity index (χ4v) is 6.90. The zero-order valence-corrected chi connectivity index (χ0v) is 19.8. The van der Waals surface area contributed by atoms with Crippen LogP contribution in [0, 0.1) is 6.92 Å². The van der Waals surface area contributed by atoms with Crippen LogP contribution in [-0.2, 0) is 31.3 Å². The molecule has 2 fully saturated rings. The summed E-state index contributed by atoms with van der Waals surface area (Å²) in [4.78, 5) is 2.46. The van der Waals surface area contributed by atoms with Gasteiger partial charge in [-0.05, 0) is 36.8 Å². The standard InChI is InChI=1S/C22H29N3O5S2/c1-19-3-2-4-20(17-19)18-23-9-11-24(12-10-23)31(26,27)21-5-7-22(8-6-21)32(28,29)25-13-15-30-16-14-25/h2-8,17H,9-16,18H2,1H3. The van der Waals surface area contributed by atoms with E-state index in [4.69, 9.17) is 4.74 Å². The summed E-state index contributed by atoms with van der Waals surface area (Å²) in [6.07, 6.45) is 0. The van der Waals surface area contributed by atoms with Gasteiger partial charge in [0, 0.05) is 45.8 Å². The fourth-order valence-electron chi connectivity index (χ4n) is 4.07. The summed E-state index contributed by atoms with van der Waals surface area (Å²) < 4.78 is 59.8. The summed E-state index contributed by atoms with van der Waals surface area (Å²) in [5.74, 6) is 0. The molecule has 0 atom stereocenters. The van der Waals surface area contributed by atoms with Crippen LogP contribution in [0.25, 0.3) is 0 Å². The van der Waals surface area contributed by atoms with Crippen LogP contribution in [0.2, 0.25) is 0 Å². The Morgan fingerprint density at radius 1 is 0.750 bits per heavy atom. The number of benzene rings is 2. The normalized spacial score (nSPS) is 19.8. The largest absolute Gasteiger partial charge is 0.379 e. The first-order chi connectivity index (χ1) is 15.3. The Bertz CT molecular complexity index is 1140. The second-order valence-corrected chi connectivity index (χ2v) is 12.0. The molecule has 174 valence electrons. The third kappa shape index (κ3) is 5.05. The molecule has 0 bridgehead atoms. The number of ether oxygens (including phenoxy) is 1. The first-order valence-electron chi connectivity index (χ1n) is 10.7. The number of nitrogens with zero attached hydrogens (tertiary/aromatic N) is 3. The summed E-state index contributed by atoms with van der Waals surface area (Å²) in [6, 6.07) is 13.9. The first-order valence-corrected chi connectivity index (χ1v) is 13.6. The lowest BCUT2D eigenvalue weighted by Gasteiger charge is -2.34. The van der Waals surface area contributed by atoms with E-state index in [0.29, 0.717) is 52.5 Å². The molecule has 0 radical (unpaired) electrons. The van der Waals surface area contributed by atoms with E-state index in [2.05, 4.69) is 30.0 Å². The summed E-state index contributed by atoms with van der Waals surface area (Å²) >= 11 is 0. The Labute approximate surface area is 190 Å². The van der Waals surface area contributed by atoms with Gasteiger partial charge in [0.15, 0.2) is 0 Å². The van der Waals surface area contributed by atoms with Crippen molar-refractivity contribution in [3.05, 3.63) is 59.7 Å². The van der Waals surface area contributed by atoms with Gasteiger partial charge in [-0.1, -0.05) is 29.8 Å². The van der Waals surface area contributed by atoms with Crippen molar-refractivity contribution in [3.8, 4) is 0 Å². The first kappa shape index (κ1) is 23.3. The molecular weight excluding hydrogens is 450 g/mol. The van der Waals surface area contributed by atoms with Crippen molar-refractivity contribution in [2.24, 2.45) is 0 Å². The van der Waals surface area contributed by atoms with Crippen LogP contribution in [0.4, 0.5) is 0 Å². The molecule has 2 aromatic rings. The molecule has 0 spiro atoms. The number of sulfonamides is 2. The Hall–Kier alpha value is -1.82. The van der Waals surface area contributed by atoms with Crippen molar-refractivity contribution < 1.29 is 21.6 Å². The minimum absolute atomic E-state index is 0.0984. The number of piperazine rings is 1. The van der Waals surface area contributed by atoms with E-state index < -0.39 is 20.0 Å². The average Bonchev–Trinajstić information content (AvgIpc) is 2.80. The SMILES string of the molecule is Cc1cccc(CN2CCN(S(=O)(=O)c3ccc(S(=O)(=O)N4CCOCC4)cc3)CC2)c1. The molecule has 0 unspecified atom stereocenters. The van der Waals surface area contributed by atoms with Gasteiger partial charge in [0.05, 0.1) is 23.0 Å². The molecule has 0 saturated carbocycles. The predicted octanol–water partition coefficient (Wildman–Crippen LogP) is 1.52. The zero-order chi connectivity index (χ0) is 22.8. The number of hydrogen-bond donors (Lipinski definition) is 0. The van der Waals surface area contributed by atoms with Crippen LogP contribution in [0.3, 0.4) is 0 Å². The van der Waals surface area contributed by atoms with Crippen molar-refractivity contribution in [2.75, 3.05) is 52.5 Å². The number of aryl methyl sites for hydroxylation is 1. The Morgan fingerprint density at radius 3 is 1.81 bits per heavy atom. The third-order valence-electron chi connectivity index (χ3n) is 5.89. The molecule has 0 aliphatic carbocycles. The second-order valence-electron chi connectivity index (χ2n) is 8.16. The summed E-state index contributed by atoms with van der Waals surface area (Å²) in [5.41, 5.74) is 2.43. The molecule has 0 aromatic heterocycles. The van der Waals surface area contributed by atoms with E-state index in [9.17, 15) is 16.8 Å². The van der Waals surface area contributed by atoms with Gasteiger partial charge >= 0.3 is 0 Å². The van der Waals surface area contributed by atoms with Gasteiger partial charge in [-0.15, -0.1) is 0 Å². The molecule has 0 amide bonds. The van der Waals surface area contributed by atoms with Gasteiger partial charge < -0.3 is 4.74 Å². The highest BCUT2D eigenvalue weighted by molar-refractivity contribution is 7.89. The second kappa shape index (κ2) is 9.58. The summed E-state index contributed by atoms with van der Waals surface area (Å²) in [5, 5.41) is 0. The van der Waals surface area contributed by atoms with Crippen molar-refractivity contribution in [1.82, 2.24) is 13.5 Å². The number of hydrogen-bond acceptors (Lipinski definition) is 6. The van der Waals surface area contributed by atoms with E-state index in [1.165, 1.54) is 44.0 Å². The molecule has 8 nitrogen and oxygen atoms in total.